The molecule has 24 heavy (non-hydrogen) atoms. The minimum Gasteiger partial charge on any atom is -0.389 e. The molecule has 4 rings (SSSR count). The summed E-state index contributed by atoms with van der Waals surface area (Å²) in [7, 11) is 0. The van der Waals surface area contributed by atoms with E-state index in [1.54, 1.807) is 0 Å². The summed E-state index contributed by atoms with van der Waals surface area (Å²) in [4.78, 5) is 4.77. The summed E-state index contributed by atoms with van der Waals surface area (Å²) in [5, 5.41) is 11.6. The van der Waals surface area contributed by atoms with E-state index < -0.39 is 6.10 Å². The van der Waals surface area contributed by atoms with Crippen molar-refractivity contribution < 1.29 is 5.11 Å². The highest BCUT2D eigenvalue weighted by Crippen LogP contribution is 2.30. The van der Waals surface area contributed by atoms with Crippen molar-refractivity contribution in [2.24, 2.45) is 4.99 Å². The van der Waals surface area contributed by atoms with Gasteiger partial charge in [-0.25, -0.2) is 0 Å². The minimum absolute atomic E-state index is 0.442. The summed E-state index contributed by atoms with van der Waals surface area (Å²) in [6.45, 7) is 7.40. The van der Waals surface area contributed by atoms with E-state index in [9.17, 15) is 5.11 Å². The van der Waals surface area contributed by atoms with Gasteiger partial charge in [0.2, 0.25) is 0 Å². The fourth-order valence-corrected chi connectivity index (χ4v) is 3.61. The second kappa shape index (κ2) is 5.60. The van der Waals surface area contributed by atoms with E-state index in [0.29, 0.717) is 13.1 Å². The second-order valence-corrected chi connectivity index (χ2v) is 6.81. The molecule has 0 aliphatic carbocycles. The van der Waals surface area contributed by atoms with Crippen LogP contribution in [0.15, 0.2) is 47.5 Å². The lowest BCUT2D eigenvalue weighted by Crippen LogP contribution is -2.18. The van der Waals surface area contributed by atoms with Gasteiger partial charge in [-0.15, -0.1) is 0 Å². The third-order valence-electron chi connectivity index (χ3n) is 4.87. The fourth-order valence-electron chi connectivity index (χ4n) is 3.61. The Balaban J connectivity index is 2.01. The maximum Gasteiger partial charge on any atom is 0.0914 e. The topological polar surface area (TPSA) is 37.5 Å². The summed E-state index contributed by atoms with van der Waals surface area (Å²) in [5.74, 6) is 0. The molecule has 0 spiro atoms. The third kappa shape index (κ3) is 2.36. The van der Waals surface area contributed by atoms with Gasteiger partial charge in [-0.3, -0.25) is 4.99 Å². The number of hydrogen-bond donors (Lipinski definition) is 1. The van der Waals surface area contributed by atoms with E-state index in [1.165, 1.54) is 27.6 Å². The van der Waals surface area contributed by atoms with Gasteiger partial charge in [0.25, 0.3) is 0 Å². The van der Waals surface area contributed by atoms with Crippen LogP contribution in [0.3, 0.4) is 0 Å². The van der Waals surface area contributed by atoms with Crippen LogP contribution in [0.4, 0.5) is 0 Å². The molecular formula is C21H22N2O. The van der Waals surface area contributed by atoms with Crippen LogP contribution < -0.4 is 0 Å². The van der Waals surface area contributed by atoms with Crippen LogP contribution in [-0.2, 0) is 6.54 Å². The first-order chi connectivity index (χ1) is 11.5. The van der Waals surface area contributed by atoms with Crippen molar-refractivity contribution in [3.8, 4) is 0 Å². The van der Waals surface area contributed by atoms with Crippen molar-refractivity contribution in [3.05, 3.63) is 70.4 Å². The molecule has 0 bridgehead atoms. The second-order valence-electron chi connectivity index (χ2n) is 6.81. The predicted molar refractivity (Wildman–Crippen MR) is 99.1 cm³/mol. The molecule has 3 aromatic rings. The first kappa shape index (κ1) is 15.2. The zero-order chi connectivity index (χ0) is 16.8. The average molecular weight is 318 g/mol. The van der Waals surface area contributed by atoms with Crippen LogP contribution in [0.1, 0.15) is 27.9 Å². The molecule has 2 aromatic carbocycles. The molecule has 0 saturated carbocycles. The van der Waals surface area contributed by atoms with E-state index in [1.807, 2.05) is 0 Å². The van der Waals surface area contributed by atoms with E-state index in [2.05, 4.69) is 67.8 Å². The standard InChI is InChI=1S/C21H22N2O/c1-13-4-7-16(8-5-13)20-21-15(3)18-10-14(2)6-9-19(18)23(21)12-17(24)11-22-20/h4-10,17,24H,11-12H2,1-3H3/t17-/m1/s1. The van der Waals surface area contributed by atoms with Crippen molar-refractivity contribution in [2.45, 2.75) is 33.4 Å². The van der Waals surface area contributed by atoms with Crippen LogP contribution in [0.5, 0.6) is 0 Å². The Labute approximate surface area is 142 Å². The quantitative estimate of drug-likeness (QED) is 0.728. The van der Waals surface area contributed by atoms with Crippen LogP contribution in [-0.4, -0.2) is 28.0 Å². The number of aryl methyl sites for hydroxylation is 3. The predicted octanol–water partition coefficient (Wildman–Crippen LogP) is 3.78. The lowest BCUT2D eigenvalue weighted by atomic mass is 10.0. The molecule has 0 amide bonds. The summed E-state index contributed by atoms with van der Waals surface area (Å²) >= 11 is 0. The van der Waals surface area contributed by atoms with Crippen molar-refractivity contribution in [2.75, 3.05) is 6.54 Å². The molecule has 0 radical (unpaired) electrons. The normalized spacial score (nSPS) is 17.5. The molecule has 0 saturated heterocycles. The van der Waals surface area contributed by atoms with Gasteiger partial charge >= 0.3 is 0 Å². The summed E-state index contributed by atoms with van der Waals surface area (Å²) < 4.78 is 2.24. The number of fused-ring (bicyclic) bond motifs is 3. The number of hydrogen-bond acceptors (Lipinski definition) is 2. The van der Waals surface area contributed by atoms with Gasteiger partial charge in [0, 0.05) is 16.5 Å². The largest absolute Gasteiger partial charge is 0.389 e. The first-order valence-electron chi connectivity index (χ1n) is 8.44. The van der Waals surface area contributed by atoms with Gasteiger partial charge in [-0.2, -0.15) is 0 Å². The van der Waals surface area contributed by atoms with Crippen LogP contribution in [0.25, 0.3) is 10.9 Å². The number of benzene rings is 2. The lowest BCUT2D eigenvalue weighted by molar-refractivity contribution is 0.166. The Morgan fingerprint density at radius 1 is 1.00 bits per heavy atom. The number of nitrogens with zero attached hydrogens (tertiary/aromatic N) is 2. The zero-order valence-electron chi connectivity index (χ0n) is 14.4. The molecule has 3 heteroatoms. The maximum atomic E-state index is 10.3. The molecule has 0 fully saturated rings. The molecule has 1 atom stereocenters. The van der Waals surface area contributed by atoms with Gasteiger partial charge in [0.15, 0.2) is 0 Å². The van der Waals surface area contributed by atoms with E-state index in [0.717, 1.165) is 17.0 Å². The Morgan fingerprint density at radius 3 is 2.46 bits per heavy atom. The highest BCUT2D eigenvalue weighted by Gasteiger charge is 2.24. The summed E-state index contributed by atoms with van der Waals surface area (Å²) in [5.41, 5.74) is 8.13. The maximum absolute atomic E-state index is 10.3. The van der Waals surface area contributed by atoms with E-state index in [-0.39, 0.29) is 0 Å². The summed E-state index contributed by atoms with van der Waals surface area (Å²) in [6, 6.07) is 15.0. The molecule has 1 aliphatic heterocycles. The van der Waals surface area contributed by atoms with Crippen LogP contribution in [0, 0.1) is 20.8 Å². The third-order valence-corrected chi connectivity index (χ3v) is 4.87. The molecule has 1 aromatic heterocycles. The first-order valence-corrected chi connectivity index (χ1v) is 8.44. The van der Waals surface area contributed by atoms with E-state index in [4.69, 9.17) is 4.99 Å². The lowest BCUT2D eigenvalue weighted by Gasteiger charge is -2.12. The highest BCUT2D eigenvalue weighted by molar-refractivity contribution is 6.15. The highest BCUT2D eigenvalue weighted by atomic mass is 16.3. The van der Waals surface area contributed by atoms with Crippen LogP contribution >= 0.6 is 0 Å². The van der Waals surface area contributed by atoms with Crippen molar-refractivity contribution in [1.29, 1.82) is 0 Å². The fraction of sp³-hybridized carbons (Fsp3) is 0.286. The smallest absolute Gasteiger partial charge is 0.0914 e. The van der Waals surface area contributed by atoms with Crippen molar-refractivity contribution in [1.82, 2.24) is 4.57 Å². The Bertz CT molecular complexity index is 948. The van der Waals surface area contributed by atoms with Gasteiger partial charge < -0.3 is 9.67 Å². The van der Waals surface area contributed by atoms with Crippen molar-refractivity contribution >= 4 is 16.6 Å². The number of aliphatic hydroxyl groups excluding tert-OH is 1. The van der Waals surface area contributed by atoms with Crippen LogP contribution in [0.2, 0.25) is 0 Å². The Morgan fingerprint density at radius 2 is 1.71 bits per heavy atom. The molecular weight excluding hydrogens is 296 g/mol. The zero-order valence-corrected chi connectivity index (χ0v) is 14.4. The Kier molecular flexibility index (Phi) is 3.54. The molecule has 1 aliphatic rings. The van der Waals surface area contributed by atoms with Gasteiger partial charge in [-0.05, 0) is 38.5 Å². The van der Waals surface area contributed by atoms with Gasteiger partial charge in [0.1, 0.15) is 0 Å². The van der Waals surface area contributed by atoms with Crippen molar-refractivity contribution in [3.63, 3.8) is 0 Å². The van der Waals surface area contributed by atoms with Gasteiger partial charge in [0.05, 0.1) is 30.6 Å². The number of rotatable bonds is 1. The molecule has 0 unspecified atom stereocenters. The average Bonchev–Trinajstić information content (AvgIpc) is 2.71. The van der Waals surface area contributed by atoms with Gasteiger partial charge in [-0.1, -0.05) is 41.5 Å². The number of aliphatic imine (C=N–C) groups is 1. The Hall–Kier alpha value is -2.39. The monoisotopic (exact) mass is 318 g/mol. The number of aliphatic hydroxyl groups is 1. The molecule has 3 nitrogen and oxygen atoms in total. The number of aromatic nitrogens is 1. The summed E-state index contributed by atoms with van der Waals surface area (Å²) in [6.07, 6.45) is -0.456. The SMILES string of the molecule is Cc1ccc(C2=NC[C@@H](O)Cn3c2c(C)c2cc(C)ccc23)cc1. The molecule has 2 heterocycles. The molecule has 122 valence electrons. The minimum atomic E-state index is -0.456. The molecule has 1 N–H and O–H groups in total. The van der Waals surface area contributed by atoms with E-state index >= 15 is 0 Å².